The Morgan fingerprint density at radius 2 is 2.00 bits per heavy atom. The highest BCUT2D eigenvalue weighted by Gasteiger charge is 2.46. The molecule has 4 nitrogen and oxygen atoms in total. The molecular formula is C13H13ClO4. The highest BCUT2D eigenvalue weighted by atomic mass is 35.5. The third-order valence-corrected chi connectivity index (χ3v) is 3.07. The number of carbonyl (C=O) groups excluding carboxylic acids is 2. The summed E-state index contributed by atoms with van der Waals surface area (Å²) in [7, 11) is 0. The zero-order chi connectivity index (χ0) is 13.3. The van der Waals surface area contributed by atoms with Crippen molar-refractivity contribution in [2.45, 2.75) is 20.0 Å². The molecule has 1 aromatic carbocycles. The van der Waals surface area contributed by atoms with Crippen LogP contribution in [-0.4, -0.2) is 24.6 Å². The molecule has 0 bridgehead atoms. The van der Waals surface area contributed by atoms with Crippen LogP contribution in [0.2, 0.25) is 5.02 Å². The lowest BCUT2D eigenvalue weighted by Crippen LogP contribution is -2.34. The van der Waals surface area contributed by atoms with E-state index < -0.39 is 23.5 Å². The number of benzene rings is 1. The third kappa shape index (κ3) is 2.48. The van der Waals surface area contributed by atoms with E-state index in [-0.39, 0.29) is 6.61 Å². The lowest BCUT2D eigenvalue weighted by atomic mass is 9.90. The molecule has 5 heteroatoms. The predicted molar refractivity (Wildman–Crippen MR) is 65.4 cm³/mol. The third-order valence-electron chi connectivity index (χ3n) is 2.82. The van der Waals surface area contributed by atoms with Gasteiger partial charge >= 0.3 is 11.9 Å². The fourth-order valence-electron chi connectivity index (χ4n) is 1.70. The van der Waals surface area contributed by atoms with Crippen LogP contribution in [0, 0.1) is 5.41 Å². The largest absolute Gasteiger partial charge is 0.462 e. The predicted octanol–water partition coefficient (Wildman–Crippen LogP) is 2.45. The van der Waals surface area contributed by atoms with Gasteiger partial charge in [-0.2, -0.15) is 0 Å². The molecule has 96 valence electrons. The van der Waals surface area contributed by atoms with Crippen LogP contribution in [0.3, 0.4) is 0 Å². The number of rotatable bonds is 2. The quantitative estimate of drug-likeness (QED) is 0.773. The number of hydrogen-bond acceptors (Lipinski definition) is 4. The van der Waals surface area contributed by atoms with Crippen LogP contribution in [0.5, 0.6) is 0 Å². The van der Waals surface area contributed by atoms with Gasteiger partial charge in [-0.15, -0.1) is 0 Å². The van der Waals surface area contributed by atoms with E-state index >= 15 is 0 Å². The molecule has 0 radical (unpaired) electrons. The first kappa shape index (κ1) is 12.9. The summed E-state index contributed by atoms with van der Waals surface area (Å²) in [4.78, 5) is 23.4. The maximum Gasteiger partial charge on any atom is 0.348 e. The Labute approximate surface area is 110 Å². The van der Waals surface area contributed by atoms with Crippen molar-refractivity contribution < 1.29 is 19.1 Å². The van der Waals surface area contributed by atoms with Gasteiger partial charge in [0.05, 0.1) is 5.56 Å². The van der Waals surface area contributed by atoms with Crippen molar-refractivity contribution in [3.05, 3.63) is 34.9 Å². The van der Waals surface area contributed by atoms with Crippen LogP contribution in [0.15, 0.2) is 24.3 Å². The molecule has 0 aliphatic carbocycles. The lowest BCUT2D eigenvalue weighted by Gasteiger charge is -2.21. The molecular weight excluding hydrogens is 256 g/mol. The molecule has 1 fully saturated rings. The maximum atomic E-state index is 11.9. The van der Waals surface area contributed by atoms with Gasteiger partial charge in [-0.1, -0.05) is 25.4 Å². The first-order valence-electron chi connectivity index (χ1n) is 5.53. The van der Waals surface area contributed by atoms with E-state index in [9.17, 15) is 9.59 Å². The van der Waals surface area contributed by atoms with Gasteiger partial charge in [0.1, 0.15) is 6.61 Å². The molecule has 0 amide bonds. The molecule has 0 spiro atoms. The summed E-state index contributed by atoms with van der Waals surface area (Å²) >= 11 is 5.73. The van der Waals surface area contributed by atoms with Crippen LogP contribution in [-0.2, 0) is 14.3 Å². The fraction of sp³-hybridized carbons (Fsp3) is 0.385. The molecule has 1 atom stereocenters. The fourth-order valence-corrected chi connectivity index (χ4v) is 1.82. The second kappa shape index (κ2) is 4.61. The van der Waals surface area contributed by atoms with Crippen LogP contribution >= 0.6 is 11.6 Å². The van der Waals surface area contributed by atoms with Gasteiger partial charge in [0, 0.05) is 10.4 Å². The Balaban J connectivity index is 2.12. The topological polar surface area (TPSA) is 52.6 Å². The van der Waals surface area contributed by atoms with E-state index in [1.807, 2.05) is 13.8 Å². The monoisotopic (exact) mass is 268 g/mol. The number of ether oxygens (including phenoxy) is 2. The molecule has 1 heterocycles. The zero-order valence-electron chi connectivity index (χ0n) is 10.1. The van der Waals surface area contributed by atoms with Gasteiger partial charge in [0.15, 0.2) is 0 Å². The van der Waals surface area contributed by atoms with E-state index in [1.165, 1.54) is 0 Å². The van der Waals surface area contributed by atoms with Crippen molar-refractivity contribution in [1.29, 1.82) is 0 Å². The van der Waals surface area contributed by atoms with Gasteiger partial charge in [-0.3, -0.25) is 0 Å². The molecule has 1 aliphatic rings. The number of hydrogen-bond donors (Lipinski definition) is 0. The van der Waals surface area contributed by atoms with Crippen molar-refractivity contribution in [2.24, 2.45) is 5.41 Å². The number of esters is 2. The van der Waals surface area contributed by atoms with Crippen LogP contribution in [0.4, 0.5) is 0 Å². The van der Waals surface area contributed by atoms with E-state index in [1.54, 1.807) is 24.3 Å². The van der Waals surface area contributed by atoms with E-state index in [0.29, 0.717) is 10.6 Å². The normalized spacial score (nSPS) is 21.5. The molecule has 1 aromatic rings. The van der Waals surface area contributed by atoms with Crippen molar-refractivity contribution in [3.8, 4) is 0 Å². The Kier molecular flexibility index (Phi) is 3.30. The number of cyclic esters (lactones) is 1. The van der Waals surface area contributed by atoms with Crippen molar-refractivity contribution in [1.82, 2.24) is 0 Å². The molecule has 1 saturated heterocycles. The highest BCUT2D eigenvalue weighted by molar-refractivity contribution is 6.30. The number of halogens is 1. The average molecular weight is 269 g/mol. The smallest absolute Gasteiger partial charge is 0.348 e. The van der Waals surface area contributed by atoms with Gasteiger partial charge in [0.2, 0.25) is 6.10 Å². The van der Waals surface area contributed by atoms with Crippen LogP contribution in [0.1, 0.15) is 24.2 Å². The van der Waals surface area contributed by atoms with E-state index in [2.05, 4.69) is 0 Å². The van der Waals surface area contributed by atoms with Gasteiger partial charge in [-0.25, -0.2) is 9.59 Å². The molecule has 1 aliphatic heterocycles. The van der Waals surface area contributed by atoms with Crippen molar-refractivity contribution >= 4 is 23.5 Å². The van der Waals surface area contributed by atoms with Crippen molar-refractivity contribution in [3.63, 3.8) is 0 Å². The zero-order valence-corrected chi connectivity index (χ0v) is 10.9. The summed E-state index contributed by atoms with van der Waals surface area (Å²) in [6.45, 7) is 3.89. The van der Waals surface area contributed by atoms with Gasteiger partial charge < -0.3 is 9.47 Å². The second-order valence-electron chi connectivity index (χ2n) is 4.89. The summed E-state index contributed by atoms with van der Waals surface area (Å²) < 4.78 is 10.1. The minimum absolute atomic E-state index is 0.254. The summed E-state index contributed by atoms with van der Waals surface area (Å²) in [6, 6.07) is 6.29. The average Bonchev–Trinajstić information content (AvgIpc) is 2.57. The molecule has 0 unspecified atom stereocenters. The maximum absolute atomic E-state index is 11.9. The summed E-state index contributed by atoms with van der Waals surface area (Å²) in [5, 5.41) is 0.534. The van der Waals surface area contributed by atoms with E-state index in [0.717, 1.165) is 0 Å². The van der Waals surface area contributed by atoms with Gasteiger partial charge in [0.25, 0.3) is 0 Å². The van der Waals surface area contributed by atoms with E-state index in [4.69, 9.17) is 21.1 Å². The van der Waals surface area contributed by atoms with Crippen LogP contribution in [0.25, 0.3) is 0 Å². The first-order chi connectivity index (χ1) is 8.40. The minimum Gasteiger partial charge on any atom is -0.462 e. The Morgan fingerprint density at radius 3 is 2.50 bits per heavy atom. The summed E-state index contributed by atoms with van der Waals surface area (Å²) in [5.41, 5.74) is -0.144. The second-order valence-corrected chi connectivity index (χ2v) is 5.32. The number of carbonyl (C=O) groups is 2. The summed E-state index contributed by atoms with van der Waals surface area (Å²) in [6.07, 6.45) is -0.860. The van der Waals surface area contributed by atoms with Crippen LogP contribution < -0.4 is 0 Å². The molecule has 18 heavy (non-hydrogen) atoms. The molecule has 2 rings (SSSR count). The lowest BCUT2D eigenvalue weighted by molar-refractivity contribution is -0.145. The SMILES string of the molecule is CC1(C)COC(=O)[C@@H]1OC(=O)c1ccc(Cl)cc1. The Bertz CT molecular complexity index is 478. The minimum atomic E-state index is -0.860. The standard InChI is InChI=1S/C13H13ClO4/c1-13(2)7-17-12(16)10(13)18-11(15)8-3-5-9(14)6-4-8/h3-6,10H,7H2,1-2H3/t10-/m0/s1. The Morgan fingerprint density at radius 1 is 1.39 bits per heavy atom. The molecule has 0 N–H and O–H groups in total. The Hall–Kier alpha value is -1.55. The molecule has 0 saturated carbocycles. The summed E-state index contributed by atoms with van der Waals surface area (Å²) in [5.74, 6) is -1.05. The first-order valence-corrected chi connectivity index (χ1v) is 5.91. The van der Waals surface area contributed by atoms with Crippen molar-refractivity contribution in [2.75, 3.05) is 6.61 Å². The molecule has 0 aromatic heterocycles. The highest BCUT2D eigenvalue weighted by Crippen LogP contribution is 2.31. The van der Waals surface area contributed by atoms with Gasteiger partial charge in [-0.05, 0) is 24.3 Å².